The maximum Gasteiger partial charge on any atom is 0.258 e. The van der Waals surface area contributed by atoms with Crippen LogP contribution in [0.1, 0.15) is 31.8 Å². The number of benzene rings is 2. The summed E-state index contributed by atoms with van der Waals surface area (Å²) in [6, 6.07) is 9.30. The zero-order chi connectivity index (χ0) is 20.1. The molecule has 0 aliphatic rings. The number of anilines is 1. The summed E-state index contributed by atoms with van der Waals surface area (Å²) >= 11 is 0. The first kappa shape index (κ1) is 19.2. The third-order valence-corrected chi connectivity index (χ3v) is 4.05. The Hall–Kier alpha value is -3.52. The number of carbonyl (C=O) groups is 2. The standard InChI is InChI=1S/C20H17F2N3O3/c21-15-3-4-16(18(8-15)25-19(26)14-5-6-28-11-14)20(27)24-10-13-2-1-12(9-23)7-17(13)22/h1-8,11H,9-10,23H2,(H,24,27)(H,25,26). The summed E-state index contributed by atoms with van der Waals surface area (Å²) in [6.45, 7) is 0.126. The Labute approximate surface area is 159 Å². The van der Waals surface area contributed by atoms with Crippen molar-refractivity contribution in [2.45, 2.75) is 13.1 Å². The molecular weight excluding hydrogens is 368 g/mol. The molecule has 0 atom stereocenters. The number of hydrogen-bond acceptors (Lipinski definition) is 4. The smallest absolute Gasteiger partial charge is 0.258 e. The van der Waals surface area contributed by atoms with Gasteiger partial charge in [0.2, 0.25) is 0 Å². The lowest BCUT2D eigenvalue weighted by atomic mass is 10.1. The highest BCUT2D eigenvalue weighted by Gasteiger charge is 2.16. The van der Waals surface area contributed by atoms with E-state index in [1.807, 2.05) is 0 Å². The van der Waals surface area contributed by atoms with E-state index in [2.05, 4.69) is 10.6 Å². The Morgan fingerprint density at radius 2 is 1.86 bits per heavy atom. The van der Waals surface area contributed by atoms with E-state index in [0.717, 1.165) is 12.1 Å². The van der Waals surface area contributed by atoms with Gasteiger partial charge in [-0.15, -0.1) is 0 Å². The van der Waals surface area contributed by atoms with Crippen molar-refractivity contribution in [3.63, 3.8) is 0 Å². The van der Waals surface area contributed by atoms with Crippen LogP contribution >= 0.6 is 0 Å². The van der Waals surface area contributed by atoms with E-state index >= 15 is 0 Å². The van der Waals surface area contributed by atoms with Crippen LogP contribution in [-0.2, 0) is 13.1 Å². The van der Waals surface area contributed by atoms with Gasteiger partial charge in [0.05, 0.1) is 23.1 Å². The second-order valence-electron chi connectivity index (χ2n) is 5.97. The van der Waals surface area contributed by atoms with Crippen LogP contribution in [0, 0.1) is 11.6 Å². The van der Waals surface area contributed by atoms with Gasteiger partial charge in [-0.25, -0.2) is 8.78 Å². The van der Waals surface area contributed by atoms with Gasteiger partial charge in [0.25, 0.3) is 11.8 Å². The van der Waals surface area contributed by atoms with E-state index in [0.29, 0.717) is 5.56 Å². The number of amides is 2. The minimum atomic E-state index is -0.623. The molecule has 0 radical (unpaired) electrons. The largest absolute Gasteiger partial charge is 0.472 e. The summed E-state index contributed by atoms with van der Waals surface area (Å²) in [5.74, 6) is -2.26. The SMILES string of the molecule is NCc1ccc(CNC(=O)c2ccc(F)cc2NC(=O)c2ccoc2)c(F)c1. The predicted octanol–water partition coefficient (Wildman–Crippen LogP) is 3.20. The van der Waals surface area contributed by atoms with Crippen LogP contribution in [-0.4, -0.2) is 11.8 Å². The molecule has 0 aliphatic heterocycles. The first-order valence-electron chi connectivity index (χ1n) is 8.36. The van der Waals surface area contributed by atoms with E-state index in [9.17, 15) is 18.4 Å². The van der Waals surface area contributed by atoms with Gasteiger partial charge in [-0.3, -0.25) is 9.59 Å². The summed E-state index contributed by atoms with van der Waals surface area (Å²) < 4.78 is 32.5. The molecular formula is C20H17F2N3O3. The number of nitrogens with two attached hydrogens (primary N) is 1. The van der Waals surface area contributed by atoms with Crippen LogP contribution in [0.5, 0.6) is 0 Å². The highest BCUT2D eigenvalue weighted by atomic mass is 19.1. The number of nitrogens with one attached hydrogen (secondary N) is 2. The number of hydrogen-bond donors (Lipinski definition) is 3. The molecule has 1 heterocycles. The number of carbonyl (C=O) groups excluding carboxylic acids is 2. The first-order valence-corrected chi connectivity index (χ1v) is 8.36. The van der Waals surface area contributed by atoms with Crippen molar-refractivity contribution in [3.05, 3.63) is 88.9 Å². The summed E-state index contributed by atoms with van der Waals surface area (Å²) in [5.41, 5.74) is 6.62. The topological polar surface area (TPSA) is 97.4 Å². The molecule has 0 spiro atoms. The molecule has 3 rings (SSSR count). The normalized spacial score (nSPS) is 10.5. The predicted molar refractivity (Wildman–Crippen MR) is 98.5 cm³/mol. The fourth-order valence-electron chi connectivity index (χ4n) is 2.54. The monoisotopic (exact) mass is 385 g/mol. The van der Waals surface area contributed by atoms with Gasteiger partial charge in [-0.1, -0.05) is 12.1 Å². The maximum absolute atomic E-state index is 14.0. The summed E-state index contributed by atoms with van der Waals surface area (Å²) in [4.78, 5) is 24.7. The molecule has 8 heteroatoms. The average Bonchev–Trinajstić information content (AvgIpc) is 3.22. The van der Waals surface area contributed by atoms with E-state index in [1.54, 1.807) is 6.07 Å². The minimum absolute atomic E-state index is 0.0114. The Bertz CT molecular complexity index is 1000. The second-order valence-corrected chi connectivity index (χ2v) is 5.97. The lowest BCUT2D eigenvalue weighted by Crippen LogP contribution is -2.25. The molecule has 0 aliphatic carbocycles. The Morgan fingerprint density at radius 1 is 1.04 bits per heavy atom. The number of furan rings is 1. The van der Waals surface area contributed by atoms with E-state index < -0.39 is 23.4 Å². The highest BCUT2D eigenvalue weighted by Crippen LogP contribution is 2.19. The van der Waals surface area contributed by atoms with Crippen LogP contribution in [0.15, 0.2) is 59.4 Å². The van der Waals surface area contributed by atoms with Gasteiger partial charge in [0.15, 0.2) is 0 Å². The van der Waals surface area contributed by atoms with Gasteiger partial charge in [-0.05, 0) is 35.9 Å². The van der Waals surface area contributed by atoms with Gasteiger partial charge in [-0.2, -0.15) is 0 Å². The van der Waals surface area contributed by atoms with Crippen molar-refractivity contribution < 1.29 is 22.8 Å². The van der Waals surface area contributed by atoms with Gasteiger partial charge in [0, 0.05) is 18.7 Å². The van der Waals surface area contributed by atoms with Crippen LogP contribution in [0.4, 0.5) is 14.5 Å². The Kier molecular flexibility index (Phi) is 5.81. The van der Waals surface area contributed by atoms with Crippen molar-refractivity contribution in [2.75, 3.05) is 5.32 Å². The Morgan fingerprint density at radius 3 is 2.54 bits per heavy atom. The van der Waals surface area contributed by atoms with Crippen LogP contribution in [0.3, 0.4) is 0 Å². The van der Waals surface area contributed by atoms with Gasteiger partial charge >= 0.3 is 0 Å². The molecule has 0 bridgehead atoms. The molecule has 0 saturated carbocycles. The fraction of sp³-hybridized carbons (Fsp3) is 0.100. The first-order chi connectivity index (χ1) is 13.5. The average molecular weight is 385 g/mol. The van der Waals surface area contributed by atoms with E-state index in [4.69, 9.17) is 10.2 Å². The molecule has 6 nitrogen and oxygen atoms in total. The van der Waals surface area contributed by atoms with Crippen LogP contribution in [0.2, 0.25) is 0 Å². The van der Waals surface area contributed by atoms with Crippen molar-refractivity contribution >= 4 is 17.5 Å². The van der Waals surface area contributed by atoms with E-state index in [-0.39, 0.29) is 35.5 Å². The van der Waals surface area contributed by atoms with Crippen molar-refractivity contribution in [2.24, 2.45) is 5.73 Å². The summed E-state index contributed by atoms with van der Waals surface area (Å²) in [5, 5.41) is 5.03. The molecule has 4 N–H and O–H groups in total. The highest BCUT2D eigenvalue weighted by molar-refractivity contribution is 6.08. The molecule has 28 heavy (non-hydrogen) atoms. The molecule has 0 saturated heterocycles. The van der Waals surface area contributed by atoms with Gasteiger partial charge in [0.1, 0.15) is 17.9 Å². The van der Waals surface area contributed by atoms with Crippen molar-refractivity contribution in [1.29, 1.82) is 0 Å². The number of rotatable bonds is 6. The maximum atomic E-state index is 14.0. The summed E-state index contributed by atoms with van der Waals surface area (Å²) in [7, 11) is 0. The molecule has 2 amide bonds. The minimum Gasteiger partial charge on any atom is -0.472 e. The number of halogens is 2. The third kappa shape index (κ3) is 4.41. The van der Waals surface area contributed by atoms with Crippen molar-refractivity contribution in [1.82, 2.24) is 5.32 Å². The van der Waals surface area contributed by atoms with Crippen LogP contribution < -0.4 is 16.4 Å². The molecule has 2 aromatic carbocycles. The fourth-order valence-corrected chi connectivity index (χ4v) is 2.54. The molecule has 3 aromatic rings. The molecule has 144 valence electrons. The third-order valence-electron chi connectivity index (χ3n) is 4.05. The molecule has 0 fully saturated rings. The summed E-state index contributed by atoms with van der Waals surface area (Å²) in [6.07, 6.45) is 2.54. The zero-order valence-electron chi connectivity index (χ0n) is 14.7. The van der Waals surface area contributed by atoms with Gasteiger partial charge < -0.3 is 20.8 Å². The lowest BCUT2D eigenvalue weighted by Gasteiger charge is -2.12. The lowest BCUT2D eigenvalue weighted by molar-refractivity contribution is 0.0951. The van der Waals surface area contributed by atoms with Crippen molar-refractivity contribution in [3.8, 4) is 0 Å². The molecule has 1 aromatic heterocycles. The van der Waals surface area contributed by atoms with Crippen LogP contribution in [0.25, 0.3) is 0 Å². The zero-order valence-corrected chi connectivity index (χ0v) is 14.7. The quantitative estimate of drug-likeness (QED) is 0.607. The van der Waals surface area contributed by atoms with E-state index in [1.165, 1.54) is 36.8 Å². The Balaban J connectivity index is 1.75. The second kappa shape index (κ2) is 8.45. The molecule has 0 unspecified atom stereocenters.